The molecule has 3 aromatic rings. The van der Waals surface area contributed by atoms with Gasteiger partial charge in [0.1, 0.15) is 12.1 Å². The molecule has 2 atom stereocenters. The zero-order valence-corrected chi connectivity index (χ0v) is 18.6. The average molecular weight is 450 g/mol. The van der Waals surface area contributed by atoms with Crippen molar-refractivity contribution in [2.45, 2.75) is 43.8 Å². The van der Waals surface area contributed by atoms with E-state index in [1.54, 1.807) is 4.68 Å². The van der Waals surface area contributed by atoms with Crippen LogP contribution >= 0.6 is 0 Å². The maximum atomic E-state index is 11.1. The third-order valence-electron chi connectivity index (χ3n) is 6.40. The van der Waals surface area contributed by atoms with E-state index < -0.39 is 12.0 Å². The molecule has 1 aromatic heterocycles. The fourth-order valence-corrected chi connectivity index (χ4v) is 4.52. The average Bonchev–Trinajstić information content (AvgIpc) is 3.29. The molecular formula is C25H31N5O3. The van der Waals surface area contributed by atoms with Gasteiger partial charge in [-0.25, -0.2) is 4.68 Å². The van der Waals surface area contributed by atoms with Crippen molar-refractivity contribution in [3.63, 3.8) is 0 Å². The molecule has 1 aliphatic rings. The first kappa shape index (κ1) is 23.1. The van der Waals surface area contributed by atoms with Crippen LogP contribution < -0.4 is 5.73 Å². The first-order valence-corrected chi connectivity index (χ1v) is 11.4. The molecule has 0 aliphatic carbocycles. The molecule has 2 aromatic carbocycles. The Hall–Kier alpha value is -3.07. The quantitative estimate of drug-likeness (QED) is 0.458. The van der Waals surface area contributed by atoms with E-state index >= 15 is 0 Å². The Morgan fingerprint density at radius 3 is 2.58 bits per heavy atom. The second-order valence-electron chi connectivity index (χ2n) is 8.74. The number of aliphatic hydroxyl groups is 1. The highest BCUT2D eigenvalue weighted by Crippen LogP contribution is 2.29. The Labute approximate surface area is 193 Å². The van der Waals surface area contributed by atoms with E-state index in [0.717, 1.165) is 49.3 Å². The Morgan fingerprint density at radius 2 is 1.88 bits per heavy atom. The van der Waals surface area contributed by atoms with Crippen molar-refractivity contribution in [3.05, 3.63) is 83.2 Å². The van der Waals surface area contributed by atoms with Crippen molar-refractivity contribution in [1.29, 1.82) is 0 Å². The molecule has 1 aliphatic heterocycles. The van der Waals surface area contributed by atoms with Crippen LogP contribution in [0.15, 0.2) is 60.8 Å². The van der Waals surface area contributed by atoms with E-state index in [-0.39, 0.29) is 12.6 Å². The molecule has 1 fully saturated rings. The number of nitrogens with two attached hydrogens (primary N) is 1. The van der Waals surface area contributed by atoms with Gasteiger partial charge in [0.25, 0.3) is 0 Å². The minimum Gasteiger partial charge on any atom is -0.480 e. The van der Waals surface area contributed by atoms with E-state index in [0.29, 0.717) is 12.3 Å². The summed E-state index contributed by atoms with van der Waals surface area (Å²) in [5, 5.41) is 27.5. The summed E-state index contributed by atoms with van der Waals surface area (Å²) in [4.78, 5) is 13.4. The van der Waals surface area contributed by atoms with Crippen LogP contribution in [0.25, 0.3) is 0 Å². The number of hydrogen-bond acceptors (Lipinski definition) is 6. The summed E-state index contributed by atoms with van der Waals surface area (Å²) in [5.41, 5.74) is 9.82. The van der Waals surface area contributed by atoms with Gasteiger partial charge in [-0.05, 0) is 55.0 Å². The van der Waals surface area contributed by atoms with Crippen LogP contribution in [0.4, 0.5) is 0 Å². The van der Waals surface area contributed by atoms with Gasteiger partial charge in [-0.2, -0.15) is 0 Å². The summed E-state index contributed by atoms with van der Waals surface area (Å²) in [6.07, 6.45) is 4.34. The van der Waals surface area contributed by atoms with Gasteiger partial charge in [-0.15, -0.1) is 5.10 Å². The van der Waals surface area contributed by atoms with Crippen LogP contribution in [-0.4, -0.2) is 61.8 Å². The van der Waals surface area contributed by atoms with Gasteiger partial charge in [0.2, 0.25) is 0 Å². The van der Waals surface area contributed by atoms with Crippen molar-refractivity contribution < 1.29 is 15.0 Å². The van der Waals surface area contributed by atoms with Crippen LogP contribution in [-0.2, 0) is 17.8 Å². The topological polar surface area (TPSA) is 118 Å². The monoisotopic (exact) mass is 449 g/mol. The lowest BCUT2D eigenvalue weighted by atomic mass is 9.88. The van der Waals surface area contributed by atoms with Crippen LogP contribution in [0, 0.1) is 0 Å². The van der Waals surface area contributed by atoms with Gasteiger partial charge in [0.15, 0.2) is 0 Å². The smallest absolute Gasteiger partial charge is 0.320 e. The summed E-state index contributed by atoms with van der Waals surface area (Å²) < 4.78 is 1.74. The highest BCUT2D eigenvalue weighted by Gasteiger charge is 2.23. The molecule has 0 spiro atoms. The molecule has 8 heteroatoms. The first-order chi connectivity index (χ1) is 16.0. The summed E-state index contributed by atoms with van der Waals surface area (Å²) in [7, 11) is 0. The van der Waals surface area contributed by atoms with Gasteiger partial charge in [0.05, 0.1) is 18.5 Å². The number of aliphatic hydroxyl groups excluding tert-OH is 1. The van der Waals surface area contributed by atoms with Crippen LogP contribution in [0.5, 0.6) is 0 Å². The predicted octanol–water partition coefficient (Wildman–Crippen LogP) is 2.19. The van der Waals surface area contributed by atoms with E-state index in [1.807, 2.05) is 48.7 Å². The molecule has 4 N–H and O–H groups in total. The number of rotatable bonds is 9. The van der Waals surface area contributed by atoms with E-state index in [1.165, 1.54) is 5.56 Å². The van der Waals surface area contributed by atoms with E-state index in [9.17, 15) is 9.90 Å². The summed E-state index contributed by atoms with van der Waals surface area (Å²) in [5.74, 6) is -0.519. The Morgan fingerprint density at radius 1 is 1.12 bits per heavy atom. The van der Waals surface area contributed by atoms with E-state index in [4.69, 9.17) is 10.8 Å². The predicted molar refractivity (Wildman–Crippen MR) is 125 cm³/mol. The molecule has 2 heterocycles. The Kier molecular flexibility index (Phi) is 7.49. The molecular weight excluding hydrogens is 418 g/mol. The molecule has 4 rings (SSSR count). The number of benzene rings is 2. The molecule has 1 saturated heterocycles. The van der Waals surface area contributed by atoms with Gasteiger partial charge >= 0.3 is 5.97 Å². The summed E-state index contributed by atoms with van der Waals surface area (Å²) >= 11 is 0. The number of carboxylic acid groups (broad SMARTS) is 1. The lowest BCUT2D eigenvalue weighted by Crippen LogP contribution is -2.33. The number of piperidine rings is 1. The third kappa shape index (κ3) is 5.84. The zero-order chi connectivity index (χ0) is 23.2. The fraction of sp³-hybridized carbons (Fsp3) is 0.400. The molecule has 8 nitrogen and oxygen atoms in total. The SMILES string of the molecule is NC(Cc1cccc(C2CCN(Cc3cn([C@H](CO)c4ccccc4)nn3)CC2)c1)C(=O)O. The largest absolute Gasteiger partial charge is 0.480 e. The lowest BCUT2D eigenvalue weighted by molar-refractivity contribution is -0.138. The molecule has 0 bridgehead atoms. The van der Waals surface area contributed by atoms with E-state index in [2.05, 4.69) is 27.3 Å². The second kappa shape index (κ2) is 10.7. The molecule has 0 saturated carbocycles. The van der Waals surface area contributed by atoms with Gasteiger partial charge in [-0.3, -0.25) is 9.69 Å². The standard InChI is InChI=1S/C25H31N5O3/c26-23(25(32)33)14-18-5-4-8-21(13-18)19-9-11-29(12-10-19)15-22-16-30(28-27-22)24(17-31)20-6-2-1-3-7-20/h1-8,13,16,19,23-24,31H,9-12,14-15,17,26H2,(H,32,33)/t23?,24-/m1/s1. The lowest BCUT2D eigenvalue weighted by Gasteiger charge is -2.31. The summed E-state index contributed by atoms with van der Waals surface area (Å²) in [6, 6.07) is 16.9. The van der Waals surface area contributed by atoms with Crippen molar-refractivity contribution in [2.24, 2.45) is 5.73 Å². The first-order valence-electron chi connectivity index (χ1n) is 11.4. The van der Waals surface area contributed by atoms with Crippen molar-refractivity contribution >= 4 is 5.97 Å². The number of likely N-dealkylation sites (tertiary alicyclic amines) is 1. The number of hydrogen-bond donors (Lipinski definition) is 3. The highest BCUT2D eigenvalue weighted by atomic mass is 16.4. The second-order valence-corrected chi connectivity index (χ2v) is 8.74. The molecule has 0 radical (unpaired) electrons. The third-order valence-corrected chi connectivity index (χ3v) is 6.40. The molecule has 1 unspecified atom stereocenters. The van der Waals surface area contributed by atoms with Crippen molar-refractivity contribution in [3.8, 4) is 0 Å². The molecule has 0 amide bonds. The number of nitrogens with zero attached hydrogens (tertiary/aromatic N) is 4. The normalized spacial score (nSPS) is 17.0. The number of carboxylic acids is 1. The van der Waals surface area contributed by atoms with Crippen LogP contribution in [0.3, 0.4) is 0 Å². The van der Waals surface area contributed by atoms with Crippen LogP contribution in [0.2, 0.25) is 0 Å². The minimum absolute atomic E-state index is 0.0331. The minimum atomic E-state index is -0.972. The van der Waals surface area contributed by atoms with Crippen LogP contribution in [0.1, 0.15) is 47.2 Å². The maximum absolute atomic E-state index is 11.1. The van der Waals surface area contributed by atoms with Crippen molar-refractivity contribution in [1.82, 2.24) is 19.9 Å². The van der Waals surface area contributed by atoms with Gasteiger partial charge < -0.3 is 15.9 Å². The maximum Gasteiger partial charge on any atom is 0.320 e. The van der Waals surface area contributed by atoms with Gasteiger partial charge in [0, 0.05) is 6.54 Å². The molecule has 174 valence electrons. The van der Waals surface area contributed by atoms with Crippen molar-refractivity contribution in [2.75, 3.05) is 19.7 Å². The number of aliphatic carboxylic acids is 1. The Bertz CT molecular complexity index is 1050. The number of aromatic nitrogens is 3. The fourth-order valence-electron chi connectivity index (χ4n) is 4.52. The summed E-state index contributed by atoms with van der Waals surface area (Å²) in [6.45, 7) is 2.61. The molecule has 33 heavy (non-hydrogen) atoms. The zero-order valence-electron chi connectivity index (χ0n) is 18.6. The number of carbonyl (C=O) groups is 1. The Balaban J connectivity index is 1.33. The highest BCUT2D eigenvalue weighted by molar-refractivity contribution is 5.73. The van der Waals surface area contributed by atoms with Gasteiger partial charge in [-0.1, -0.05) is 59.8 Å².